The largest absolute Gasteiger partial charge is 0.321 e. The van der Waals surface area contributed by atoms with E-state index in [1.807, 2.05) is 26.0 Å². The van der Waals surface area contributed by atoms with Crippen LogP contribution in [0, 0.1) is 0 Å². The number of aromatic amines is 1. The van der Waals surface area contributed by atoms with Crippen LogP contribution < -0.4 is 10.9 Å². The third-order valence-corrected chi connectivity index (χ3v) is 3.98. The van der Waals surface area contributed by atoms with E-state index in [0.29, 0.717) is 21.7 Å². The number of pyridine rings is 2. The number of aromatic nitrogens is 2. The molecule has 24 heavy (non-hydrogen) atoms. The van der Waals surface area contributed by atoms with Gasteiger partial charge in [0, 0.05) is 22.1 Å². The van der Waals surface area contributed by atoms with E-state index in [1.54, 1.807) is 24.4 Å². The molecular formula is C18H16ClN3O2. The lowest BCUT2D eigenvalue weighted by atomic mass is 10.0. The van der Waals surface area contributed by atoms with E-state index in [4.69, 9.17) is 11.6 Å². The fraction of sp³-hybridized carbons (Fsp3) is 0.167. The Morgan fingerprint density at radius 2 is 2.04 bits per heavy atom. The van der Waals surface area contributed by atoms with E-state index in [1.165, 1.54) is 6.07 Å². The highest BCUT2D eigenvalue weighted by atomic mass is 35.5. The highest BCUT2D eigenvalue weighted by molar-refractivity contribution is 6.31. The molecule has 1 aromatic carbocycles. The normalized spacial score (nSPS) is 11.0. The lowest BCUT2D eigenvalue weighted by Crippen LogP contribution is -2.24. The molecular weight excluding hydrogens is 326 g/mol. The van der Waals surface area contributed by atoms with Crippen LogP contribution in [0.1, 0.15) is 35.7 Å². The minimum Gasteiger partial charge on any atom is -0.321 e. The number of nitrogens with one attached hydrogen (secondary N) is 2. The number of H-pyrrole nitrogens is 1. The van der Waals surface area contributed by atoms with Crippen LogP contribution in [0.15, 0.2) is 47.4 Å². The number of hydrogen-bond acceptors (Lipinski definition) is 3. The van der Waals surface area contributed by atoms with Crippen LogP contribution in [0.2, 0.25) is 5.02 Å². The Morgan fingerprint density at radius 3 is 2.79 bits per heavy atom. The van der Waals surface area contributed by atoms with Crippen LogP contribution in [-0.2, 0) is 0 Å². The zero-order valence-corrected chi connectivity index (χ0v) is 14.0. The summed E-state index contributed by atoms with van der Waals surface area (Å²) < 4.78 is 0. The first-order valence-corrected chi connectivity index (χ1v) is 7.92. The van der Waals surface area contributed by atoms with Crippen LogP contribution in [0.4, 0.5) is 5.82 Å². The number of anilines is 1. The molecule has 0 spiro atoms. The average Bonchev–Trinajstić information content (AvgIpc) is 2.54. The Kier molecular flexibility index (Phi) is 4.36. The second kappa shape index (κ2) is 6.45. The van der Waals surface area contributed by atoms with Crippen LogP contribution >= 0.6 is 11.6 Å². The number of benzene rings is 1. The van der Waals surface area contributed by atoms with Gasteiger partial charge < -0.3 is 10.3 Å². The van der Waals surface area contributed by atoms with Gasteiger partial charge in [-0.2, -0.15) is 0 Å². The van der Waals surface area contributed by atoms with Crippen molar-refractivity contribution >= 4 is 34.2 Å². The predicted molar refractivity (Wildman–Crippen MR) is 95.9 cm³/mol. The maximum absolute atomic E-state index is 12.5. The van der Waals surface area contributed by atoms with Gasteiger partial charge in [0.1, 0.15) is 11.4 Å². The van der Waals surface area contributed by atoms with Gasteiger partial charge in [0.2, 0.25) is 0 Å². The summed E-state index contributed by atoms with van der Waals surface area (Å²) in [5.41, 5.74) is 1.10. The van der Waals surface area contributed by atoms with Gasteiger partial charge in [-0.3, -0.25) is 9.59 Å². The summed E-state index contributed by atoms with van der Waals surface area (Å²) in [6, 6.07) is 10.3. The molecule has 0 aliphatic heterocycles. The quantitative estimate of drug-likeness (QED) is 0.757. The molecule has 122 valence electrons. The maximum atomic E-state index is 12.5. The highest BCUT2D eigenvalue weighted by Gasteiger charge is 2.15. The maximum Gasteiger partial charge on any atom is 0.262 e. The Morgan fingerprint density at radius 1 is 1.25 bits per heavy atom. The number of carbonyl (C=O) groups is 1. The molecule has 0 radical (unpaired) electrons. The summed E-state index contributed by atoms with van der Waals surface area (Å²) in [4.78, 5) is 31.6. The molecule has 2 heterocycles. The second-order valence-electron chi connectivity index (χ2n) is 5.79. The van der Waals surface area contributed by atoms with Gasteiger partial charge in [-0.25, -0.2) is 4.98 Å². The molecule has 2 aromatic heterocycles. The number of amides is 1. The lowest BCUT2D eigenvalue weighted by molar-refractivity contribution is 0.102. The Labute approximate surface area is 143 Å². The van der Waals surface area contributed by atoms with Crippen LogP contribution in [-0.4, -0.2) is 15.9 Å². The molecule has 0 unspecified atom stereocenters. The van der Waals surface area contributed by atoms with Gasteiger partial charge in [0.05, 0.1) is 0 Å². The zero-order valence-electron chi connectivity index (χ0n) is 13.3. The van der Waals surface area contributed by atoms with Gasteiger partial charge in [-0.15, -0.1) is 0 Å². The molecule has 0 aliphatic rings. The Balaban J connectivity index is 2.00. The number of rotatable bonds is 3. The van der Waals surface area contributed by atoms with E-state index >= 15 is 0 Å². The molecule has 3 aromatic rings. The number of nitrogens with zero attached hydrogens (tertiary/aromatic N) is 1. The van der Waals surface area contributed by atoms with Crippen molar-refractivity contribution in [3.8, 4) is 0 Å². The summed E-state index contributed by atoms with van der Waals surface area (Å²) >= 11 is 5.97. The molecule has 3 rings (SSSR count). The summed E-state index contributed by atoms with van der Waals surface area (Å²) in [6.45, 7) is 4.02. The van der Waals surface area contributed by atoms with E-state index in [9.17, 15) is 9.59 Å². The molecule has 0 saturated heterocycles. The SMILES string of the molecule is CC(C)c1cccnc1NC(=O)c1cc2cc(Cl)ccc2[nH]c1=O. The standard InChI is InChI=1S/C18H16ClN3O2/c1-10(2)13-4-3-7-20-16(13)22-18(24)14-9-11-8-12(19)5-6-15(11)21-17(14)23/h3-10H,1-2H3,(H,21,23)(H,20,22,24). The molecule has 0 atom stereocenters. The molecule has 0 aliphatic carbocycles. The van der Waals surface area contributed by atoms with Crippen molar-refractivity contribution < 1.29 is 4.79 Å². The molecule has 2 N–H and O–H groups in total. The van der Waals surface area contributed by atoms with Gasteiger partial charge in [0.25, 0.3) is 11.5 Å². The monoisotopic (exact) mass is 341 g/mol. The third-order valence-electron chi connectivity index (χ3n) is 3.74. The number of fused-ring (bicyclic) bond motifs is 1. The molecule has 5 nitrogen and oxygen atoms in total. The van der Waals surface area contributed by atoms with E-state index in [0.717, 1.165) is 5.56 Å². The van der Waals surface area contributed by atoms with Crippen molar-refractivity contribution in [2.75, 3.05) is 5.32 Å². The number of hydrogen-bond donors (Lipinski definition) is 2. The third kappa shape index (κ3) is 3.16. The summed E-state index contributed by atoms with van der Waals surface area (Å²) in [5, 5.41) is 3.95. The van der Waals surface area contributed by atoms with Crippen molar-refractivity contribution in [2.45, 2.75) is 19.8 Å². The van der Waals surface area contributed by atoms with Gasteiger partial charge in [-0.1, -0.05) is 31.5 Å². The zero-order chi connectivity index (χ0) is 17.3. The van der Waals surface area contributed by atoms with Gasteiger partial charge >= 0.3 is 0 Å². The lowest BCUT2D eigenvalue weighted by Gasteiger charge is -2.12. The van der Waals surface area contributed by atoms with Crippen molar-refractivity contribution in [1.82, 2.24) is 9.97 Å². The van der Waals surface area contributed by atoms with Gasteiger partial charge in [0.15, 0.2) is 0 Å². The van der Waals surface area contributed by atoms with Crippen molar-refractivity contribution in [3.05, 3.63) is 69.1 Å². The Hall–Kier alpha value is -2.66. The Bertz CT molecular complexity index is 979. The molecule has 0 saturated carbocycles. The van der Waals surface area contributed by atoms with Crippen LogP contribution in [0.3, 0.4) is 0 Å². The van der Waals surface area contributed by atoms with Gasteiger partial charge in [-0.05, 0) is 41.8 Å². The minimum atomic E-state index is -0.501. The van der Waals surface area contributed by atoms with E-state index in [-0.39, 0.29) is 11.5 Å². The smallest absolute Gasteiger partial charge is 0.262 e. The van der Waals surface area contributed by atoms with Crippen molar-refractivity contribution in [3.63, 3.8) is 0 Å². The molecule has 6 heteroatoms. The number of carbonyl (C=O) groups excluding carboxylic acids is 1. The fourth-order valence-corrected chi connectivity index (χ4v) is 2.69. The topological polar surface area (TPSA) is 74.8 Å². The average molecular weight is 342 g/mol. The molecule has 0 bridgehead atoms. The first-order valence-electron chi connectivity index (χ1n) is 7.54. The first-order chi connectivity index (χ1) is 11.5. The number of halogens is 1. The molecule has 0 fully saturated rings. The predicted octanol–water partition coefficient (Wildman–Crippen LogP) is 3.95. The van der Waals surface area contributed by atoms with Crippen molar-refractivity contribution in [1.29, 1.82) is 0 Å². The minimum absolute atomic E-state index is 0.0186. The highest BCUT2D eigenvalue weighted by Crippen LogP contribution is 2.22. The first kappa shape index (κ1) is 16.2. The van der Waals surface area contributed by atoms with E-state index < -0.39 is 11.5 Å². The van der Waals surface area contributed by atoms with Crippen LogP contribution in [0.5, 0.6) is 0 Å². The van der Waals surface area contributed by atoms with Crippen molar-refractivity contribution in [2.24, 2.45) is 0 Å². The summed E-state index contributed by atoms with van der Waals surface area (Å²) in [5.74, 6) is 0.157. The second-order valence-corrected chi connectivity index (χ2v) is 6.23. The summed E-state index contributed by atoms with van der Waals surface area (Å²) in [7, 11) is 0. The van der Waals surface area contributed by atoms with Crippen LogP contribution in [0.25, 0.3) is 10.9 Å². The summed E-state index contributed by atoms with van der Waals surface area (Å²) in [6.07, 6.45) is 1.60. The fourth-order valence-electron chi connectivity index (χ4n) is 2.51. The molecule has 1 amide bonds. The van der Waals surface area contributed by atoms with E-state index in [2.05, 4.69) is 15.3 Å².